The summed E-state index contributed by atoms with van der Waals surface area (Å²) in [6, 6.07) is 16.3. The number of rotatable bonds is 12. The molecule has 4 aromatic rings. The Bertz CT molecular complexity index is 1280. The molecule has 1 N–H and O–H groups in total. The third-order valence-electron chi connectivity index (χ3n) is 6.14. The molecule has 35 heavy (non-hydrogen) atoms. The molecule has 0 radical (unpaired) electrons. The van der Waals surface area contributed by atoms with Crippen LogP contribution in [0.1, 0.15) is 57.3 Å². The topological polar surface area (TPSA) is 94.3 Å². The quantitative estimate of drug-likeness (QED) is 0.231. The van der Waals surface area contributed by atoms with Gasteiger partial charge in [-0.3, -0.25) is 4.57 Å². The van der Waals surface area contributed by atoms with Gasteiger partial charge in [0, 0.05) is 12.0 Å². The van der Waals surface area contributed by atoms with Gasteiger partial charge < -0.3 is 0 Å². The van der Waals surface area contributed by atoms with E-state index in [1.807, 2.05) is 47.9 Å². The van der Waals surface area contributed by atoms with Gasteiger partial charge in [-0.25, -0.2) is 9.48 Å². The van der Waals surface area contributed by atoms with E-state index < -0.39 is 0 Å². The lowest BCUT2D eigenvalue weighted by atomic mass is 9.98. The summed E-state index contributed by atoms with van der Waals surface area (Å²) in [7, 11) is 0. The fourth-order valence-electron chi connectivity index (χ4n) is 4.22. The van der Waals surface area contributed by atoms with Crippen LogP contribution in [0.25, 0.3) is 22.5 Å². The lowest BCUT2D eigenvalue weighted by Crippen LogP contribution is -2.25. The Hall–Kier alpha value is -3.81. The minimum atomic E-state index is -0.0572. The van der Waals surface area contributed by atoms with Gasteiger partial charge in [-0.05, 0) is 35.2 Å². The van der Waals surface area contributed by atoms with Gasteiger partial charge >= 0.3 is 5.69 Å². The predicted octanol–water partition coefficient (Wildman–Crippen LogP) is 5.03. The standard InChI is InChI=1S/C27H33N7O/c1-3-5-7-8-9-14-25-30-34(19-6-4-2)27(35)33(25)20-21-15-17-22(18-16-21)23-12-10-11-13-24(23)26-28-31-32-29-26/h4,6,10-13,15-18H,3,5,7-9,14,19-20H2,1-2H3,(H,28,29,31,32)/b6-4+. The Labute approximate surface area is 205 Å². The third-order valence-corrected chi connectivity index (χ3v) is 6.14. The zero-order chi connectivity index (χ0) is 24.5. The van der Waals surface area contributed by atoms with E-state index in [-0.39, 0.29) is 5.69 Å². The van der Waals surface area contributed by atoms with Crippen LogP contribution in [0.5, 0.6) is 0 Å². The van der Waals surface area contributed by atoms with Crippen molar-refractivity contribution in [3.63, 3.8) is 0 Å². The van der Waals surface area contributed by atoms with Crippen LogP contribution in [-0.4, -0.2) is 35.0 Å². The number of unbranched alkanes of at least 4 members (excludes halogenated alkanes) is 4. The van der Waals surface area contributed by atoms with Crippen LogP contribution >= 0.6 is 0 Å². The number of nitrogens with zero attached hydrogens (tertiary/aromatic N) is 6. The van der Waals surface area contributed by atoms with Gasteiger partial charge in [0.25, 0.3) is 0 Å². The molecule has 0 saturated carbocycles. The molecule has 8 heteroatoms. The van der Waals surface area contributed by atoms with Crippen LogP contribution in [0, 0.1) is 0 Å². The second-order valence-electron chi connectivity index (χ2n) is 8.68. The highest BCUT2D eigenvalue weighted by Gasteiger charge is 2.14. The SMILES string of the molecule is C/C=C/Cn1nc(CCCCCCC)n(Cc2ccc(-c3ccccc3-c3nn[nH]n3)cc2)c1=O. The Morgan fingerprint density at radius 2 is 1.74 bits per heavy atom. The molecule has 2 aromatic heterocycles. The van der Waals surface area contributed by atoms with E-state index in [0.717, 1.165) is 47.3 Å². The van der Waals surface area contributed by atoms with Crippen molar-refractivity contribution in [1.82, 2.24) is 35.0 Å². The second kappa shape index (κ2) is 12.1. The Balaban J connectivity index is 1.55. The number of H-pyrrole nitrogens is 1. The highest BCUT2D eigenvalue weighted by atomic mass is 16.2. The number of benzene rings is 2. The molecule has 0 aliphatic rings. The van der Waals surface area contributed by atoms with E-state index in [9.17, 15) is 4.79 Å². The molecule has 0 bridgehead atoms. The van der Waals surface area contributed by atoms with E-state index in [1.165, 1.54) is 19.3 Å². The van der Waals surface area contributed by atoms with Gasteiger partial charge in [-0.1, -0.05) is 93.3 Å². The summed E-state index contributed by atoms with van der Waals surface area (Å²) < 4.78 is 3.39. The minimum Gasteiger partial charge on any atom is -0.274 e. The number of nitrogens with one attached hydrogen (secondary N) is 1. The van der Waals surface area contributed by atoms with Crippen molar-refractivity contribution in [2.45, 2.75) is 65.5 Å². The van der Waals surface area contributed by atoms with Crippen molar-refractivity contribution in [2.75, 3.05) is 0 Å². The number of hydrogen-bond donors (Lipinski definition) is 1. The molecule has 8 nitrogen and oxygen atoms in total. The molecule has 0 fully saturated rings. The molecule has 2 aromatic carbocycles. The molecule has 0 aliphatic carbocycles. The molecule has 0 spiro atoms. The molecule has 182 valence electrons. The first-order chi connectivity index (χ1) is 17.2. The summed E-state index contributed by atoms with van der Waals surface area (Å²) in [6.45, 7) is 5.17. The molecule has 0 unspecified atom stereocenters. The smallest absolute Gasteiger partial charge is 0.274 e. The first kappa shape index (κ1) is 24.3. The maximum Gasteiger partial charge on any atom is 0.346 e. The molecule has 0 atom stereocenters. The Morgan fingerprint density at radius 1 is 0.971 bits per heavy atom. The van der Waals surface area contributed by atoms with Gasteiger partial charge in [0.05, 0.1) is 13.1 Å². The predicted molar refractivity (Wildman–Crippen MR) is 138 cm³/mol. The van der Waals surface area contributed by atoms with E-state index in [4.69, 9.17) is 0 Å². The minimum absolute atomic E-state index is 0.0572. The fourth-order valence-corrected chi connectivity index (χ4v) is 4.22. The lowest BCUT2D eigenvalue weighted by molar-refractivity contribution is 0.603. The van der Waals surface area contributed by atoms with Crippen LogP contribution in [0.4, 0.5) is 0 Å². The van der Waals surface area contributed by atoms with E-state index in [0.29, 0.717) is 18.9 Å². The third kappa shape index (κ3) is 6.01. The fraction of sp³-hybridized carbons (Fsp3) is 0.370. The van der Waals surface area contributed by atoms with Crippen molar-refractivity contribution in [3.8, 4) is 22.5 Å². The normalized spacial score (nSPS) is 11.5. The number of aromatic amines is 1. The largest absolute Gasteiger partial charge is 0.346 e. The zero-order valence-corrected chi connectivity index (χ0v) is 20.5. The van der Waals surface area contributed by atoms with Crippen molar-refractivity contribution in [3.05, 3.63) is 82.6 Å². The van der Waals surface area contributed by atoms with Crippen molar-refractivity contribution in [1.29, 1.82) is 0 Å². The highest BCUT2D eigenvalue weighted by molar-refractivity contribution is 5.80. The van der Waals surface area contributed by atoms with Gasteiger partial charge in [0.15, 0.2) is 0 Å². The van der Waals surface area contributed by atoms with E-state index in [2.05, 4.69) is 56.9 Å². The average Bonchev–Trinajstić information content (AvgIpc) is 3.52. The van der Waals surface area contributed by atoms with Gasteiger partial charge in [-0.15, -0.1) is 10.2 Å². The molecular formula is C27H33N7O. The summed E-state index contributed by atoms with van der Waals surface area (Å²) in [6.07, 6.45) is 10.6. The first-order valence-electron chi connectivity index (χ1n) is 12.4. The number of aromatic nitrogens is 7. The summed E-state index contributed by atoms with van der Waals surface area (Å²) in [5.41, 5.74) is 4.01. The van der Waals surface area contributed by atoms with Crippen molar-refractivity contribution in [2.24, 2.45) is 0 Å². The molecule has 0 aliphatic heterocycles. The van der Waals surface area contributed by atoms with Crippen LogP contribution < -0.4 is 5.69 Å². The van der Waals surface area contributed by atoms with Crippen LogP contribution in [0.2, 0.25) is 0 Å². The Morgan fingerprint density at radius 3 is 2.46 bits per heavy atom. The summed E-state index contributed by atoms with van der Waals surface area (Å²) in [5.74, 6) is 1.43. The Kier molecular flexibility index (Phi) is 8.38. The number of allylic oxidation sites excluding steroid dienone is 2. The lowest BCUT2D eigenvalue weighted by Gasteiger charge is -2.09. The maximum atomic E-state index is 13.1. The van der Waals surface area contributed by atoms with Crippen LogP contribution in [0.3, 0.4) is 0 Å². The molecular weight excluding hydrogens is 438 g/mol. The molecule has 2 heterocycles. The van der Waals surface area contributed by atoms with Gasteiger partial charge in [0.2, 0.25) is 5.82 Å². The van der Waals surface area contributed by atoms with E-state index in [1.54, 1.807) is 4.68 Å². The summed E-state index contributed by atoms with van der Waals surface area (Å²) in [5, 5.41) is 19.1. The number of aryl methyl sites for hydroxylation is 1. The van der Waals surface area contributed by atoms with Crippen molar-refractivity contribution >= 4 is 0 Å². The molecule has 0 amide bonds. The number of hydrogen-bond acceptors (Lipinski definition) is 5. The average molecular weight is 472 g/mol. The molecule has 4 rings (SSSR count). The highest BCUT2D eigenvalue weighted by Crippen LogP contribution is 2.29. The summed E-state index contributed by atoms with van der Waals surface area (Å²) in [4.78, 5) is 13.1. The summed E-state index contributed by atoms with van der Waals surface area (Å²) >= 11 is 0. The van der Waals surface area contributed by atoms with Gasteiger partial charge in [-0.2, -0.15) is 10.3 Å². The molecule has 0 saturated heterocycles. The monoisotopic (exact) mass is 471 g/mol. The number of tetrazole rings is 1. The van der Waals surface area contributed by atoms with Crippen LogP contribution in [0.15, 0.2) is 65.5 Å². The zero-order valence-electron chi connectivity index (χ0n) is 20.5. The maximum absolute atomic E-state index is 13.1. The van der Waals surface area contributed by atoms with Crippen LogP contribution in [-0.2, 0) is 19.5 Å². The van der Waals surface area contributed by atoms with Gasteiger partial charge in [0.1, 0.15) is 5.82 Å². The second-order valence-corrected chi connectivity index (χ2v) is 8.68. The first-order valence-corrected chi connectivity index (χ1v) is 12.4. The van der Waals surface area contributed by atoms with Crippen molar-refractivity contribution < 1.29 is 0 Å². The van der Waals surface area contributed by atoms with E-state index >= 15 is 0 Å².